The molecule has 25 heavy (non-hydrogen) atoms. The van der Waals surface area contributed by atoms with E-state index in [-0.39, 0.29) is 17.4 Å². The molecule has 1 aromatic heterocycles. The van der Waals surface area contributed by atoms with E-state index in [9.17, 15) is 14.4 Å². The van der Waals surface area contributed by atoms with Crippen molar-refractivity contribution in [1.29, 1.82) is 0 Å². The standard InChI is InChI=1S/C17H25N5O3/c1-10-5-7-22(8-6-10)17-20-13(9-15(24)21-17)11(2)18-16(25)12-3-4-14(23)19-12/h9-12H,3-8H2,1-2H3,(H,18,25)(H,19,23)(H,20,21,24)/t11-,12-/m1/s1. The molecular formula is C17H25N5O3. The second kappa shape index (κ2) is 7.25. The maximum atomic E-state index is 12.2. The lowest BCUT2D eigenvalue weighted by atomic mass is 10.00. The third-order valence-electron chi connectivity index (χ3n) is 4.95. The molecule has 3 heterocycles. The van der Waals surface area contributed by atoms with Crippen LogP contribution in [0.25, 0.3) is 0 Å². The fourth-order valence-corrected chi connectivity index (χ4v) is 3.25. The number of piperidine rings is 1. The van der Waals surface area contributed by atoms with Gasteiger partial charge in [0.25, 0.3) is 5.56 Å². The van der Waals surface area contributed by atoms with E-state index in [0.29, 0.717) is 30.4 Å². The number of hydrogen-bond donors (Lipinski definition) is 3. The zero-order valence-corrected chi connectivity index (χ0v) is 14.7. The van der Waals surface area contributed by atoms with E-state index in [1.165, 1.54) is 6.07 Å². The number of nitrogens with one attached hydrogen (secondary N) is 3. The van der Waals surface area contributed by atoms with E-state index < -0.39 is 12.1 Å². The number of carbonyl (C=O) groups excluding carboxylic acids is 2. The number of carbonyl (C=O) groups is 2. The largest absolute Gasteiger partial charge is 0.346 e. The molecule has 0 spiro atoms. The van der Waals surface area contributed by atoms with Gasteiger partial charge in [-0.05, 0) is 32.1 Å². The predicted octanol–water partition coefficient (Wildman–Crippen LogP) is 0.462. The van der Waals surface area contributed by atoms with Gasteiger partial charge in [-0.15, -0.1) is 0 Å². The number of rotatable bonds is 4. The SMILES string of the molecule is CC1CCN(c2nc([C@@H](C)NC(=O)[C@H]3CCC(=O)N3)cc(=O)[nH]2)CC1. The monoisotopic (exact) mass is 347 g/mol. The molecule has 3 rings (SSSR count). The Labute approximate surface area is 146 Å². The van der Waals surface area contributed by atoms with Crippen LogP contribution in [0, 0.1) is 5.92 Å². The molecule has 2 aliphatic rings. The number of H-pyrrole nitrogens is 1. The third kappa shape index (κ3) is 4.18. The smallest absolute Gasteiger partial charge is 0.252 e. The van der Waals surface area contributed by atoms with Crippen molar-refractivity contribution in [2.45, 2.75) is 51.6 Å². The molecule has 3 N–H and O–H groups in total. The molecule has 1 aromatic rings. The van der Waals surface area contributed by atoms with Crippen LogP contribution in [-0.4, -0.2) is 40.9 Å². The highest BCUT2D eigenvalue weighted by Gasteiger charge is 2.28. The lowest BCUT2D eigenvalue weighted by Crippen LogP contribution is -2.43. The third-order valence-corrected chi connectivity index (χ3v) is 4.95. The molecule has 2 saturated heterocycles. The summed E-state index contributed by atoms with van der Waals surface area (Å²) in [5.41, 5.74) is 0.295. The molecule has 0 radical (unpaired) electrons. The fourth-order valence-electron chi connectivity index (χ4n) is 3.25. The number of nitrogens with zero attached hydrogens (tertiary/aromatic N) is 2. The molecule has 2 aliphatic heterocycles. The van der Waals surface area contributed by atoms with Crippen LogP contribution in [0.1, 0.15) is 51.3 Å². The molecule has 2 atom stereocenters. The minimum atomic E-state index is -0.500. The maximum Gasteiger partial charge on any atom is 0.252 e. The van der Waals surface area contributed by atoms with Gasteiger partial charge >= 0.3 is 0 Å². The molecule has 0 bridgehead atoms. The summed E-state index contributed by atoms with van der Waals surface area (Å²) in [6.45, 7) is 5.74. The first kappa shape index (κ1) is 17.4. The van der Waals surface area contributed by atoms with Gasteiger partial charge in [0.2, 0.25) is 17.8 Å². The van der Waals surface area contributed by atoms with Crippen molar-refractivity contribution in [2.75, 3.05) is 18.0 Å². The second-order valence-electron chi connectivity index (χ2n) is 7.05. The summed E-state index contributed by atoms with van der Waals surface area (Å²) in [4.78, 5) is 44.9. The number of hydrogen-bond acceptors (Lipinski definition) is 5. The molecule has 2 fully saturated rings. The van der Waals surface area contributed by atoms with Crippen LogP contribution in [0.5, 0.6) is 0 Å². The topological polar surface area (TPSA) is 107 Å². The highest BCUT2D eigenvalue weighted by Crippen LogP contribution is 2.20. The van der Waals surface area contributed by atoms with Crippen molar-refractivity contribution in [1.82, 2.24) is 20.6 Å². The first-order chi connectivity index (χ1) is 11.9. The van der Waals surface area contributed by atoms with Crippen LogP contribution >= 0.6 is 0 Å². The highest BCUT2D eigenvalue weighted by molar-refractivity contribution is 5.90. The van der Waals surface area contributed by atoms with E-state index in [4.69, 9.17) is 0 Å². The molecule has 0 aromatic carbocycles. The fraction of sp³-hybridized carbons (Fsp3) is 0.647. The minimum Gasteiger partial charge on any atom is -0.346 e. The first-order valence-corrected chi connectivity index (χ1v) is 8.88. The van der Waals surface area contributed by atoms with Gasteiger partial charge in [0, 0.05) is 25.6 Å². The summed E-state index contributed by atoms with van der Waals surface area (Å²) in [7, 11) is 0. The van der Waals surface area contributed by atoms with Crippen molar-refractivity contribution < 1.29 is 9.59 Å². The van der Waals surface area contributed by atoms with Crippen molar-refractivity contribution >= 4 is 17.8 Å². The van der Waals surface area contributed by atoms with Crippen LogP contribution in [0.3, 0.4) is 0 Å². The number of anilines is 1. The summed E-state index contributed by atoms with van der Waals surface area (Å²) in [6.07, 6.45) is 3.01. The van der Waals surface area contributed by atoms with Crippen LogP contribution < -0.4 is 21.1 Å². The maximum absolute atomic E-state index is 12.2. The summed E-state index contributed by atoms with van der Waals surface area (Å²) < 4.78 is 0. The minimum absolute atomic E-state index is 0.108. The van der Waals surface area contributed by atoms with Crippen LogP contribution in [0.15, 0.2) is 10.9 Å². The van der Waals surface area contributed by atoms with E-state index in [1.54, 1.807) is 6.92 Å². The van der Waals surface area contributed by atoms with Gasteiger partial charge in [-0.25, -0.2) is 4.98 Å². The molecule has 8 nitrogen and oxygen atoms in total. The highest BCUT2D eigenvalue weighted by atomic mass is 16.2. The molecule has 2 amide bonds. The van der Waals surface area contributed by atoms with Crippen LogP contribution in [0.4, 0.5) is 5.95 Å². The van der Waals surface area contributed by atoms with Gasteiger partial charge in [0.1, 0.15) is 6.04 Å². The van der Waals surface area contributed by atoms with Crippen molar-refractivity contribution in [3.8, 4) is 0 Å². The summed E-state index contributed by atoms with van der Waals surface area (Å²) >= 11 is 0. The Hall–Kier alpha value is -2.38. The average molecular weight is 347 g/mol. The Morgan fingerprint density at radius 1 is 1.32 bits per heavy atom. The van der Waals surface area contributed by atoms with Gasteiger partial charge in [-0.1, -0.05) is 6.92 Å². The van der Waals surface area contributed by atoms with Crippen LogP contribution in [0.2, 0.25) is 0 Å². The van der Waals surface area contributed by atoms with Gasteiger partial charge in [-0.2, -0.15) is 0 Å². The van der Waals surface area contributed by atoms with Gasteiger partial charge in [0.15, 0.2) is 0 Å². The molecule has 0 saturated carbocycles. The first-order valence-electron chi connectivity index (χ1n) is 8.88. The van der Waals surface area contributed by atoms with E-state index in [0.717, 1.165) is 25.9 Å². The predicted molar refractivity (Wildman–Crippen MR) is 93.2 cm³/mol. The van der Waals surface area contributed by atoms with Crippen molar-refractivity contribution in [3.63, 3.8) is 0 Å². The quantitative estimate of drug-likeness (QED) is 0.734. The number of aromatic nitrogens is 2. The molecule has 136 valence electrons. The zero-order chi connectivity index (χ0) is 18.0. The normalized spacial score (nSPS) is 22.6. The van der Waals surface area contributed by atoms with E-state index >= 15 is 0 Å². The number of amides is 2. The molecular weight excluding hydrogens is 322 g/mol. The molecule has 0 unspecified atom stereocenters. The van der Waals surface area contributed by atoms with E-state index in [1.807, 2.05) is 0 Å². The molecule has 8 heteroatoms. The second-order valence-corrected chi connectivity index (χ2v) is 7.05. The van der Waals surface area contributed by atoms with E-state index in [2.05, 4.69) is 32.4 Å². The Morgan fingerprint density at radius 2 is 2.04 bits per heavy atom. The Bertz CT molecular complexity index is 708. The zero-order valence-electron chi connectivity index (χ0n) is 14.7. The lowest BCUT2D eigenvalue weighted by molar-refractivity contribution is -0.126. The van der Waals surface area contributed by atoms with Crippen molar-refractivity contribution in [3.05, 3.63) is 22.1 Å². The lowest BCUT2D eigenvalue weighted by Gasteiger charge is -2.31. The Morgan fingerprint density at radius 3 is 2.68 bits per heavy atom. The van der Waals surface area contributed by atoms with Gasteiger partial charge in [-0.3, -0.25) is 19.4 Å². The average Bonchev–Trinajstić information content (AvgIpc) is 3.01. The number of aromatic amines is 1. The summed E-state index contributed by atoms with van der Waals surface area (Å²) in [6, 6.07) is 0.503. The van der Waals surface area contributed by atoms with Crippen molar-refractivity contribution in [2.24, 2.45) is 5.92 Å². The Balaban J connectivity index is 1.69. The molecule has 0 aliphatic carbocycles. The van der Waals surface area contributed by atoms with Gasteiger partial charge < -0.3 is 15.5 Å². The summed E-state index contributed by atoms with van der Waals surface area (Å²) in [5.74, 6) is 0.896. The Kier molecular flexibility index (Phi) is 5.06. The van der Waals surface area contributed by atoms with Crippen LogP contribution in [-0.2, 0) is 9.59 Å². The summed E-state index contributed by atoms with van der Waals surface area (Å²) in [5, 5.41) is 5.48. The van der Waals surface area contributed by atoms with Gasteiger partial charge in [0.05, 0.1) is 11.7 Å².